The van der Waals surface area contributed by atoms with E-state index in [0.717, 1.165) is 39.0 Å². The summed E-state index contributed by atoms with van der Waals surface area (Å²) in [6.45, 7) is 2.50. The number of para-hydroxylation sites is 2. The molecule has 306 valence electrons. The van der Waals surface area contributed by atoms with Crippen LogP contribution in [0.15, 0.2) is 241 Å². The van der Waals surface area contributed by atoms with Gasteiger partial charge in [0.05, 0.1) is 22.2 Å². The molecule has 0 fully saturated rings. The van der Waals surface area contributed by atoms with Crippen molar-refractivity contribution >= 4 is 39.0 Å². The minimum Gasteiger partial charge on any atom is -0.454 e. The summed E-state index contributed by atoms with van der Waals surface area (Å²) in [6.07, 6.45) is 9.49. The molecule has 0 amide bonds. The molecule has 0 saturated carbocycles. The van der Waals surface area contributed by atoms with Crippen LogP contribution in [0.25, 0.3) is 44.2 Å². The fourth-order valence-corrected chi connectivity index (χ4v) is 13.3. The third-order valence-corrected chi connectivity index (χ3v) is 15.6. The maximum Gasteiger partial charge on any atom is 0.159 e. The van der Waals surface area contributed by atoms with Crippen LogP contribution in [0, 0.1) is 5.41 Å². The van der Waals surface area contributed by atoms with Crippen molar-refractivity contribution in [3.05, 3.63) is 281 Å². The van der Waals surface area contributed by atoms with Crippen LogP contribution < -0.4 is 4.90 Å². The molecule has 4 aliphatic carbocycles. The molecule has 1 spiro atoms. The highest BCUT2D eigenvalue weighted by molar-refractivity contribution is 6.13. The smallest absolute Gasteiger partial charge is 0.159 e. The Bertz CT molecular complexity index is 3560. The van der Waals surface area contributed by atoms with E-state index in [1.165, 1.54) is 66.8 Å². The summed E-state index contributed by atoms with van der Waals surface area (Å²) >= 11 is 0. The first-order chi connectivity index (χ1) is 32.2. The predicted octanol–water partition coefficient (Wildman–Crippen LogP) is 16.0. The monoisotopic (exact) mass is 829 g/mol. The fraction of sp³-hybridized carbons (Fsp3) is 0.0794. The number of hydrogen-bond donors (Lipinski definition) is 0. The highest BCUT2D eigenvalue weighted by atomic mass is 16.3. The van der Waals surface area contributed by atoms with Crippen LogP contribution in [0.4, 0.5) is 17.1 Å². The summed E-state index contributed by atoms with van der Waals surface area (Å²) in [4.78, 5) is 2.48. The predicted molar refractivity (Wildman–Crippen MR) is 267 cm³/mol. The number of nitrogens with zero attached hydrogens (tertiary/aromatic N) is 1. The molecule has 10 aromatic rings. The number of fused-ring (bicyclic) bond motifs is 16. The lowest BCUT2D eigenvalue weighted by molar-refractivity contribution is 0.294. The van der Waals surface area contributed by atoms with Crippen LogP contribution in [0.3, 0.4) is 0 Å². The van der Waals surface area contributed by atoms with E-state index in [4.69, 9.17) is 4.42 Å². The van der Waals surface area contributed by atoms with E-state index < -0.39 is 10.8 Å². The molecule has 0 aliphatic heterocycles. The van der Waals surface area contributed by atoms with Gasteiger partial charge in [0.15, 0.2) is 5.58 Å². The maximum absolute atomic E-state index is 7.33. The minimum absolute atomic E-state index is 0.0961. The molecule has 2 heteroatoms. The number of furan rings is 1. The van der Waals surface area contributed by atoms with Crippen LogP contribution >= 0.6 is 0 Å². The Morgan fingerprint density at radius 1 is 0.446 bits per heavy atom. The highest BCUT2D eigenvalue weighted by Crippen LogP contribution is 2.72. The van der Waals surface area contributed by atoms with Gasteiger partial charge in [0.1, 0.15) is 5.58 Å². The van der Waals surface area contributed by atoms with Crippen LogP contribution in [0.5, 0.6) is 0 Å². The van der Waals surface area contributed by atoms with Crippen molar-refractivity contribution in [2.45, 2.75) is 23.7 Å². The van der Waals surface area contributed by atoms with Crippen molar-refractivity contribution < 1.29 is 4.42 Å². The van der Waals surface area contributed by atoms with Gasteiger partial charge in [-0.3, -0.25) is 0 Å². The second-order valence-electron chi connectivity index (χ2n) is 18.4. The molecular weight excluding hydrogens is 787 g/mol. The Hall–Kier alpha value is -7.94. The first-order valence-electron chi connectivity index (χ1n) is 22.9. The molecule has 0 radical (unpaired) electrons. The molecule has 1 heterocycles. The molecule has 9 aromatic carbocycles. The summed E-state index contributed by atoms with van der Waals surface area (Å²) in [5, 5.41) is 2.23. The van der Waals surface area contributed by atoms with Gasteiger partial charge in [0.25, 0.3) is 0 Å². The summed E-state index contributed by atoms with van der Waals surface area (Å²) in [5.41, 5.74) is 19.4. The zero-order valence-electron chi connectivity index (χ0n) is 35.9. The summed E-state index contributed by atoms with van der Waals surface area (Å²) in [7, 11) is 0. The van der Waals surface area contributed by atoms with Crippen molar-refractivity contribution in [1.82, 2.24) is 0 Å². The number of allylic oxidation sites excluding steroid dienone is 4. The fourth-order valence-electron chi connectivity index (χ4n) is 13.3. The van der Waals surface area contributed by atoms with Crippen LogP contribution in [0.1, 0.15) is 57.3 Å². The van der Waals surface area contributed by atoms with Crippen LogP contribution in [-0.4, -0.2) is 0 Å². The van der Waals surface area contributed by atoms with Crippen molar-refractivity contribution in [3.8, 4) is 22.3 Å². The second-order valence-corrected chi connectivity index (χ2v) is 18.4. The average molecular weight is 830 g/mol. The van der Waals surface area contributed by atoms with Crippen molar-refractivity contribution in [1.29, 1.82) is 0 Å². The Kier molecular flexibility index (Phi) is 7.47. The van der Waals surface area contributed by atoms with Gasteiger partial charge >= 0.3 is 0 Å². The third-order valence-electron chi connectivity index (χ3n) is 15.6. The van der Waals surface area contributed by atoms with E-state index in [1.807, 2.05) is 0 Å². The molecule has 2 atom stereocenters. The average Bonchev–Trinajstić information content (AvgIpc) is 4.07. The largest absolute Gasteiger partial charge is 0.454 e. The number of hydrogen-bond acceptors (Lipinski definition) is 2. The van der Waals surface area contributed by atoms with Crippen molar-refractivity contribution in [3.63, 3.8) is 0 Å². The van der Waals surface area contributed by atoms with Gasteiger partial charge in [0, 0.05) is 27.8 Å². The van der Waals surface area contributed by atoms with Gasteiger partial charge in [0.2, 0.25) is 0 Å². The highest BCUT2D eigenvalue weighted by Gasteiger charge is 2.64. The Labute approximate surface area is 379 Å². The standard InChI is InChI=1S/C63H43NO/c1-61-40-17-16-34-52(61)59-54(63(61)50-32-14-10-27-45(50)46-28-11-15-33-51(46)63)36-19-37-55(59)64(42-23-6-3-7-24-42)56-38-18-29-47-58-53(35-20-39-57(58)65-60(47)56)62(41-21-4-2-5-22-41)48-30-12-8-25-43(48)44-26-9-13-31-49(44)62/h2-40,52H,1H3. The van der Waals surface area contributed by atoms with E-state index >= 15 is 0 Å². The molecule has 0 saturated heterocycles. The first kappa shape index (κ1) is 36.5. The van der Waals surface area contributed by atoms with Gasteiger partial charge in [-0.05, 0) is 97.1 Å². The van der Waals surface area contributed by atoms with Gasteiger partial charge in [-0.2, -0.15) is 0 Å². The topological polar surface area (TPSA) is 16.4 Å². The number of anilines is 3. The van der Waals surface area contributed by atoms with E-state index in [1.54, 1.807) is 0 Å². The second kappa shape index (κ2) is 13.3. The number of benzene rings is 9. The van der Waals surface area contributed by atoms with Gasteiger partial charge in [-0.15, -0.1) is 0 Å². The zero-order valence-corrected chi connectivity index (χ0v) is 35.9. The molecule has 4 aliphatic rings. The molecule has 65 heavy (non-hydrogen) atoms. The van der Waals surface area contributed by atoms with Crippen molar-refractivity contribution in [2.75, 3.05) is 4.90 Å². The third kappa shape index (κ3) is 4.49. The lowest BCUT2D eigenvalue weighted by Gasteiger charge is -2.45. The molecule has 0 bridgehead atoms. The Morgan fingerprint density at radius 2 is 0.969 bits per heavy atom. The molecule has 2 nitrogen and oxygen atoms in total. The Morgan fingerprint density at radius 3 is 1.65 bits per heavy atom. The van der Waals surface area contributed by atoms with Crippen molar-refractivity contribution in [2.24, 2.45) is 5.41 Å². The minimum atomic E-state index is -0.576. The molecular formula is C63H43NO. The number of rotatable bonds is 5. The molecule has 0 N–H and O–H groups in total. The summed E-state index contributed by atoms with van der Waals surface area (Å²) in [5.74, 6) is 0.0961. The molecule has 14 rings (SSSR count). The van der Waals surface area contributed by atoms with E-state index in [2.05, 4.69) is 248 Å². The zero-order chi connectivity index (χ0) is 42.9. The van der Waals surface area contributed by atoms with Gasteiger partial charge in [-0.25, -0.2) is 0 Å². The normalized spacial score (nSPS) is 18.6. The van der Waals surface area contributed by atoms with E-state index in [-0.39, 0.29) is 11.3 Å². The van der Waals surface area contributed by atoms with E-state index in [9.17, 15) is 0 Å². The van der Waals surface area contributed by atoms with Crippen LogP contribution in [0.2, 0.25) is 0 Å². The lowest BCUT2D eigenvalue weighted by Crippen LogP contribution is -2.41. The molecule has 2 unspecified atom stereocenters. The maximum atomic E-state index is 7.33. The van der Waals surface area contributed by atoms with Crippen LogP contribution in [-0.2, 0) is 10.8 Å². The van der Waals surface area contributed by atoms with Gasteiger partial charge in [-0.1, -0.05) is 213 Å². The Balaban J connectivity index is 1.06. The quantitative estimate of drug-likeness (QED) is 0.172. The van der Waals surface area contributed by atoms with Gasteiger partial charge < -0.3 is 9.32 Å². The molecule has 1 aromatic heterocycles. The summed E-state index contributed by atoms with van der Waals surface area (Å²) < 4.78 is 7.33. The first-order valence-corrected chi connectivity index (χ1v) is 22.9. The van der Waals surface area contributed by atoms with E-state index in [0.29, 0.717) is 0 Å². The summed E-state index contributed by atoms with van der Waals surface area (Å²) in [6, 6.07) is 78.7. The lowest BCUT2D eigenvalue weighted by atomic mass is 9.56. The SMILES string of the molecule is CC12C=CC=CC1c1c(N(c3ccccc3)c3cccc4c3oc3cccc(C5(c6ccccc6)c6ccccc6-c6ccccc65)c34)cccc1C21c2ccccc2-c2ccccc21.